The fourth-order valence-corrected chi connectivity index (χ4v) is 1.03. The van der Waals surface area contributed by atoms with Crippen molar-refractivity contribution >= 4 is 0 Å². The van der Waals surface area contributed by atoms with Gasteiger partial charge in [0, 0.05) is 30.5 Å². The zero-order valence-electron chi connectivity index (χ0n) is 8.80. The number of nitrogens with one attached hydrogen (secondary N) is 3. The van der Waals surface area contributed by atoms with Gasteiger partial charge in [-0.3, -0.25) is 0 Å². The quantitative estimate of drug-likeness (QED) is 0.593. The lowest BCUT2D eigenvalue weighted by molar-refractivity contribution is 0.952. The molecule has 0 bridgehead atoms. The summed E-state index contributed by atoms with van der Waals surface area (Å²) in [6.07, 6.45) is 13.1. The Morgan fingerprint density at radius 1 is 1.40 bits per heavy atom. The molecule has 0 fully saturated rings. The van der Waals surface area contributed by atoms with E-state index < -0.39 is 0 Å². The predicted octanol–water partition coefficient (Wildman–Crippen LogP) is 1.52. The molecule has 0 saturated heterocycles. The van der Waals surface area contributed by atoms with Crippen molar-refractivity contribution in [3.8, 4) is 12.3 Å². The van der Waals surface area contributed by atoms with Crippen LogP contribution in [0.5, 0.6) is 0 Å². The standard InChI is InChI=1S/C12H15N3/c1-4-5-11-8-13-6-7-14-12(9-15-11)10(2)3/h1,6-9,13-15H,2,5H2,3H3. The molecule has 78 valence electrons. The maximum absolute atomic E-state index is 5.25. The van der Waals surface area contributed by atoms with Gasteiger partial charge in [0.25, 0.3) is 0 Å². The summed E-state index contributed by atoms with van der Waals surface area (Å²) < 4.78 is 0. The molecule has 1 heterocycles. The van der Waals surface area contributed by atoms with Crippen LogP contribution in [0.1, 0.15) is 13.3 Å². The van der Waals surface area contributed by atoms with Gasteiger partial charge >= 0.3 is 0 Å². The molecule has 0 aliphatic carbocycles. The molecular weight excluding hydrogens is 186 g/mol. The van der Waals surface area contributed by atoms with Gasteiger partial charge in [-0.05, 0) is 12.5 Å². The number of hydrogen-bond acceptors (Lipinski definition) is 3. The summed E-state index contributed by atoms with van der Waals surface area (Å²) in [5.41, 5.74) is 2.82. The Hall–Kier alpha value is -2.08. The molecule has 3 heteroatoms. The first kappa shape index (κ1) is 11.0. The maximum atomic E-state index is 5.25. The molecule has 1 rings (SSSR count). The summed E-state index contributed by atoms with van der Waals surface area (Å²) in [7, 11) is 0. The van der Waals surface area contributed by atoms with Crippen molar-refractivity contribution < 1.29 is 0 Å². The highest BCUT2D eigenvalue weighted by Gasteiger charge is 1.98. The third-order valence-corrected chi connectivity index (χ3v) is 1.83. The van der Waals surface area contributed by atoms with Crippen molar-refractivity contribution in [2.45, 2.75) is 13.3 Å². The largest absolute Gasteiger partial charge is 0.365 e. The summed E-state index contributed by atoms with van der Waals surface area (Å²) in [4.78, 5) is 0. The van der Waals surface area contributed by atoms with E-state index in [9.17, 15) is 0 Å². The third-order valence-electron chi connectivity index (χ3n) is 1.83. The van der Waals surface area contributed by atoms with Crippen LogP contribution in [0.2, 0.25) is 0 Å². The van der Waals surface area contributed by atoms with E-state index in [0.29, 0.717) is 6.42 Å². The normalized spacial score (nSPS) is 14.9. The van der Waals surface area contributed by atoms with Crippen molar-refractivity contribution in [1.29, 1.82) is 0 Å². The highest BCUT2D eigenvalue weighted by molar-refractivity contribution is 5.27. The Morgan fingerprint density at radius 3 is 2.87 bits per heavy atom. The zero-order valence-corrected chi connectivity index (χ0v) is 8.80. The van der Waals surface area contributed by atoms with Crippen molar-refractivity contribution in [2.24, 2.45) is 0 Å². The zero-order chi connectivity index (χ0) is 11.1. The Kier molecular flexibility index (Phi) is 4.11. The van der Waals surface area contributed by atoms with Gasteiger partial charge in [-0.1, -0.05) is 6.58 Å². The lowest BCUT2D eigenvalue weighted by Crippen LogP contribution is -2.12. The van der Waals surface area contributed by atoms with Gasteiger partial charge in [0.05, 0.1) is 12.1 Å². The topological polar surface area (TPSA) is 36.1 Å². The fraction of sp³-hybridized carbons (Fsp3) is 0.167. The monoisotopic (exact) mass is 201 g/mol. The maximum Gasteiger partial charge on any atom is 0.0566 e. The molecule has 0 saturated carbocycles. The Bertz CT molecular complexity index is 367. The molecule has 15 heavy (non-hydrogen) atoms. The van der Waals surface area contributed by atoms with Crippen LogP contribution in [0.3, 0.4) is 0 Å². The SMILES string of the molecule is C#CCC1=CNC=CNC(C(=C)C)=CN1. The second-order valence-corrected chi connectivity index (χ2v) is 3.18. The molecule has 0 spiro atoms. The van der Waals surface area contributed by atoms with Crippen LogP contribution in [-0.2, 0) is 0 Å². The summed E-state index contributed by atoms with van der Waals surface area (Å²) in [5.74, 6) is 2.58. The van der Waals surface area contributed by atoms with Gasteiger partial charge in [-0.25, -0.2) is 0 Å². The van der Waals surface area contributed by atoms with E-state index in [0.717, 1.165) is 17.0 Å². The Balaban J connectivity index is 2.81. The second-order valence-electron chi connectivity index (χ2n) is 3.18. The van der Waals surface area contributed by atoms with E-state index in [4.69, 9.17) is 6.42 Å². The third kappa shape index (κ3) is 3.65. The van der Waals surface area contributed by atoms with Gasteiger partial charge in [-0.15, -0.1) is 12.3 Å². The highest BCUT2D eigenvalue weighted by Crippen LogP contribution is 2.04. The average Bonchev–Trinajstić information content (AvgIpc) is 2.30. The van der Waals surface area contributed by atoms with Crippen LogP contribution in [0.15, 0.2) is 48.3 Å². The minimum Gasteiger partial charge on any atom is -0.365 e. The minimum atomic E-state index is 0.556. The molecule has 0 radical (unpaired) electrons. The first-order chi connectivity index (χ1) is 7.24. The molecule has 0 atom stereocenters. The van der Waals surface area contributed by atoms with E-state index >= 15 is 0 Å². The molecule has 0 aromatic carbocycles. The van der Waals surface area contributed by atoms with Crippen LogP contribution in [0.25, 0.3) is 0 Å². The van der Waals surface area contributed by atoms with Gasteiger partial charge in [0.2, 0.25) is 0 Å². The predicted molar refractivity (Wildman–Crippen MR) is 63.0 cm³/mol. The van der Waals surface area contributed by atoms with Crippen molar-refractivity contribution in [2.75, 3.05) is 0 Å². The van der Waals surface area contributed by atoms with Crippen LogP contribution in [0, 0.1) is 12.3 Å². The summed E-state index contributed by atoms with van der Waals surface area (Å²) in [6.45, 7) is 5.80. The van der Waals surface area contributed by atoms with E-state index in [-0.39, 0.29) is 0 Å². The van der Waals surface area contributed by atoms with E-state index in [1.807, 2.05) is 19.3 Å². The first-order valence-electron chi connectivity index (χ1n) is 4.66. The molecule has 0 unspecified atom stereocenters. The van der Waals surface area contributed by atoms with Crippen molar-refractivity contribution in [3.63, 3.8) is 0 Å². The number of hydrogen-bond donors (Lipinski definition) is 3. The number of terminal acetylenes is 1. The van der Waals surface area contributed by atoms with E-state index in [1.165, 1.54) is 0 Å². The minimum absolute atomic E-state index is 0.556. The smallest absolute Gasteiger partial charge is 0.0566 e. The average molecular weight is 201 g/mol. The summed E-state index contributed by atoms with van der Waals surface area (Å²) >= 11 is 0. The lowest BCUT2D eigenvalue weighted by Gasteiger charge is -2.07. The molecule has 0 aromatic heterocycles. The van der Waals surface area contributed by atoms with Gasteiger partial charge in [0.1, 0.15) is 0 Å². The molecule has 3 N–H and O–H groups in total. The van der Waals surface area contributed by atoms with E-state index in [2.05, 4.69) is 28.4 Å². The number of allylic oxidation sites excluding steroid dienone is 2. The van der Waals surface area contributed by atoms with Crippen LogP contribution < -0.4 is 16.0 Å². The van der Waals surface area contributed by atoms with Crippen LogP contribution >= 0.6 is 0 Å². The van der Waals surface area contributed by atoms with Crippen molar-refractivity contribution in [3.05, 3.63) is 48.3 Å². The highest BCUT2D eigenvalue weighted by atomic mass is 15.0. The molecule has 3 nitrogen and oxygen atoms in total. The molecule has 1 aliphatic heterocycles. The Labute approximate surface area is 90.6 Å². The molecular formula is C12H15N3. The molecule has 1 aliphatic rings. The van der Waals surface area contributed by atoms with Crippen molar-refractivity contribution in [1.82, 2.24) is 16.0 Å². The number of rotatable bonds is 2. The molecule has 0 aromatic rings. The summed E-state index contributed by atoms with van der Waals surface area (Å²) in [5, 5.41) is 9.21. The summed E-state index contributed by atoms with van der Waals surface area (Å²) in [6, 6.07) is 0. The Morgan fingerprint density at radius 2 is 2.20 bits per heavy atom. The second kappa shape index (κ2) is 5.61. The van der Waals surface area contributed by atoms with Gasteiger partial charge in [0.15, 0.2) is 0 Å². The van der Waals surface area contributed by atoms with Gasteiger partial charge < -0.3 is 16.0 Å². The molecule has 0 amide bonds. The van der Waals surface area contributed by atoms with E-state index in [1.54, 1.807) is 12.4 Å². The lowest BCUT2D eigenvalue weighted by atomic mass is 10.2. The van der Waals surface area contributed by atoms with Crippen LogP contribution in [-0.4, -0.2) is 0 Å². The fourth-order valence-electron chi connectivity index (χ4n) is 1.03. The van der Waals surface area contributed by atoms with Crippen LogP contribution in [0.4, 0.5) is 0 Å². The first-order valence-corrected chi connectivity index (χ1v) is 4.66. The van der Waals surface area contributed by atoms with Gasteiger partial charge in [-0.2, -0.15) is 0 Å².